The van der Waals surface area contributed by atoms with Crippen molar-refractivity contribution in [3.63, 3.8) is 0 Å². The number of fused-ring (bicyclic) bond motifs is 1. The molecule has 3 heterocycles. The molecule has 28 heavy (non-hydrogen) atoms. The van der Waals surface area contributed by atoms with Gasteiger partial charge in [0.05, 0.1) is 19.7 Å². The first kappa shape index (κ1) is 20.5. The summed E-state index contributed by atoms with van der Waals surface area (Å²) in [5, 5.41) is 16.1. The zero-order valence-corrected chi connectivity index (χ0v) is 17.0. The van der Waals surface area contributed by atoms with E-state index in [0.717, 1.165) is 49.8 Å². The van der Waals surface area contributed by atoms with Crippen LogP contribution in [0.25, 0.3) is 0 Å². The summed E-state index contributed by atoms with van der Waals surface area (Å²) < 4.78 is 0. The van der Waals surface area contributed by atoms with Crippen molar-refractivity contribution in [2.24, 2.45) is 15.9 Å². The number of guanidine groups is 1. The predicted octanol–water partition coefficient (Wildman–Crippen LogP) is 0.746. The first-order valence-corrected chi connectivity index (χ1v) is 9.94. The zero-order valence-electron chi connectivity index (χ0n) is 17.0. The van der Waals surface area contributed by atoms with Crippen LogP contribution in [0.2, 0.25) is 0 Å². The fourth-order valence-electron chi connectivity index (χ4n) is 3.63. The van der Waals surface area contributed by atoms with Crippen molar-refractivity contribution in [3.05, 3.63) is 47.7 Å². The zero-order chi connectivity index (χ0) is 19.9. The standard InChI is InChI=1S/C21H32N6O/c1-4-5-18(12-16(2)14-27-10-8-26(3)9-11-27)24-21-22-7-6-19-17(15-28)13-23-20(19)25-21/h4-6,12,17,28H,1,7-11,13-15H2,2-3H3,(H2,22,23,24,25)/b16-12-,18-5+. The molecule has 3 aliphatic heterocycles. The van der Waals surface area contributed by atoms with E-state index in [2.05, 4.69) is 57.0 Å². The van der Waals surface area contributed by atoms with Crippen LogP contribution in [0.1, 0.15) is 6.92 Å². The van der Waals surface area contributed by atoms with Gasteiger partial charge in [-0.1, -0.05) is 24.3 Å². The third-order valence-electron chi connectivity index (χ3n) is 5.23. The quantitative estimate of drug-likeness (QED) is 0.589. The maximum atomic E-state index is 9.50. The van der Waals surface area contributed by atoms with Gasteiger partial charge in [-0.05, 0) is 31.7 Å². The van der Waals surface area contributed by atoms with Crippen LogP contribution in [-0.4, -0.2) is 86.2 Å². The monoisotopic (exact) mass is 384 g/mol. The highest BCUT2D eigenvalue weighted by atomic mass is 16.3. The Morgan fingerprint density at radius 1 is 1.36 bits per heavy atom. The molecule has 1 saturated heterocycles. The third kappa shape index (κ3) is 5.41. The van der Waals surface area contributed by atoms with Gasteiger partial charge in [0.2, 0.25) is 5.96 Å². The molecular weight excluding hydrogens is 352 g/mol. The number of hydrogen-bond acceptors (Lipinski definition) is 7. The van der Waals surface area contributed by atoms with Crippen LogP contribution in [-0.2, 0) is 0 Å². The normalized spacial score (nSPS) is 24.5. The van der Waals surface area contributed by atoms with E-state index >= 15 is 0 Å². The maximum Gasteiger partial charge on any atom is 0.201 e. The van der Waals surface area contributed by atoms with Crippen molar-refractivity contribution in [1.29, 1.82) is 0 Å². The summed E-state index contributed by atoms with van der Waals surface area (Å²) in [6.45, 7) is 12.7. The number of nitrogens with one attached hydrogen (secondary N) is 2. The van der Waals surface area contributed by atoms with Gasteiger partial charge in [0.15, 0.2) is 0 Å². The molecule has 3 N–H and O–H groups in total. The number of hydrogen-bond donors (Lipinski definition) is 3. The molecule has 152 valence electrons. The first-order valence-electron chi connectivity index (χ1n) is 9.94. The summed E-state index contributed by atoms with van der Waals surface area (Å²) in [4.78, 5) is 13.9. The Hall–Kier alpha value is -2.22. The molecule has 0 saturated carbocycles. The Morgan fingerprint density at radius 3 is 2.86 bits per heavy atom. The Kier molecular flexibility index (Phi) is 7.19. The number of aliphatic imine (C=N–C) groups is 2. The summed E-state index contributed by atoms with van der Waals surface area (Å²) in [6.07, 6.45) is 7.91. The van der Waals surface area contributed by atoms with E-state index in [9.17, 15) is 5.11 Å². The Labute approximate surface area is 167 Å². The smallest absolute Gasteiger partial charge is 0.201 e. The molecule has 1 unspecified atom stereocenters. The Morgan fingerprint density at radius 2 is 2.14 bits per heavy atom. The number of amidine groups is 1. The fraction of sp³-hybridized carbons (Fsp3) is 0.524. The summed E-state index contributed by atoms with van der Waals surface area (Å²) in [6, 6.07) is 0. The molecule has 0 spiro atoms. The first-order chi connectivity index (χ1) is 13.6. The van der Waals surface area contributed by atoms with E-state index in [-0.39, 0.29) is 12.5 Å². The van der Waals surface area contributed by atoms with E-state index in [1.807, 2.05) is 12.2 Å². The molecule has 0 aliphatic carbocycles. The second-order valence-corrected chi connectivity index (χ2v) is 7.60. The molecule has 0 amide bonds. The van der Waals surface area contributed by atoms with Crippen molar-refractivity contribution >= 4 is 11.8 Å². The van der Waals surface area contributed by atoms with Crippen molar-refractivity contribution in [3.8, 4) is 0 Å². The SMILES string of the molecule is C=C/C=C(\C=C(\C)CN1CCN(C)CC1)NC1=NCC=C2C(=NCC2CO)N1. The van der Waals surface area contributed by atoms with Gasteiger partial charge in [0, 0.05) is 44.3 Å². The van der Waals surface area contributed by atoms with Crippen LogP contribution >= 0.6 is 0 Å². The average molecular weight is 385 g/mol. The fourth-order valence-corrected chi connectivity index (χ4v) is 3.63. The van der Waals surface area contributed by atoms with Gasteiger partial charge >= 0.3 is 0 Å². The predicted molar refractivity (Wildman–Crippen MR) is 116 cm³/mol. The molecule has 0 aromatic carbocycles. The summed E-state index contributed by atoms with van der Waals surface area (Å²) in [7, 11) is 2.17. The molecular formula is C21H32N6O. The van der Waals surface area contributed by atoms with Gasteiger partial charge in [0.1, 0.15) is 5.84 Å². The molecule has 0 radical (unpaired) electrons. The number of rotatable bonds is 6. The summed E-state index contributed by atoms with van der Waals surface area (Å²) in [5.41, 5.74) is 3.28. The number of aliphatic hydroxyl groups is 1. The topological polar surface area (TPSA) is 75.5 Å². The Balaban J connectivity index is 1.61. The van der Waals surface area contributed by atoms with Crippen molar-refractivity contribution in [2.75, 3.05) is 59.5 Å². The van der Waals surface area contributed by atoms with E-state index in [1.54, 1.807) is 6.08 Å². The number of likely N-dealkylation sites (N-methyl/N-ethyl adjacent to an activating group) is 1. The van der Waals surface area contributed by atoms with Crippen molar-refractivity contribution in [1.82, 2.24) is 20.4 Å². The second-order valence-electron chi connectivity index (χ2n) is 7.60. The lowest BCUT2D eigenvalue weighted by Crippen LogP contribution is -2.45. The third-order valence-corrected chi connectivity index (χ3v) is 5.23. The van der Waals surface area contributed by atoms with Crippen LogP contribution in [0.15, 0.2) is 57.7 Å². The van der Waals surface area contributed by atoms with Crippen molar-refractivity contribution in [2.45, 2.75) is 6.92 Å². The van der Waals surface area contributed by atoms with Crippen LogP contribution in [0, 0.1) is 5.92 Å². The van der Waals surface area contributed by atoms with E-state index in [4.69, 9.17) is 0 Å². The van der Waals surface area contributed by atoms with Crippen LogP contribution in [0.3, 0.4) is 0 Å². The number of allylic oxidation sites excluding steroid dienone is 3. The molecule has 0 aromatic rings. The maximum absolute atomic E-state index is 9.50. The molecule has 3 aliphatic rings. The van der Waals surface area contributed by atoms with Crippen LogP contribution < -0.4 is 10.6 Å². The molecule has 3 rings (SSSR count). The molecule has 7 heteroatoms. The second kappa shape index (κ2) is 9.82. The minimum atomic E-state index is 0.0750. The summed E-state index contributed by atoms with van der Waals surface area (Å²) >= 11 is 0. The van der Waals surface area contributed by atoms with Crippen LogP contribution in [0.5, 0.6) is 0 Å². The van der Waals surface area contributed by atoms with Gasteiger partial charge in [0.25, 0.3) is 0 Å². The van der Waals surface area contributed by atoms with Gasteiger partial charge in [-0.2, -0.15) is 0 Å². The highest BCUT2D eigenvalue weighted by Gasteiger charge is 2.26. The lowest BCUT2D eigenvalue weighted by Gasteiger charge is -2.32. The largest absolute Gasteiger partial charge is 0.396 e. The van der Waals surface area contributed by atoms with Crippen LogP contribution in [0.4, 0.5) is 0 Å². The molecule has 1 atom stereocenters. The number of piperazine rings is 1. The van der Waals surface area contributed by atoms with E-state index < -0.39 is 0 Å². The summed E-state index contributed by atoms with van der Waals surface area (Å²) in [5.74, 6) is 1.55. The van der Waals surface area contributed by atoms with Gasteiger partial charge in [-0.25, -0.2) is 4.99 Å². The number of aliphatic hydroxyl groups excluding tert-OH is 1. The van der Waals surface area contributed by atoms with Gasteiger partial charge < -0.3 is 20.6 Å². The highest BCUT2D eigenvalue weighted by molar-refractivity contribution is 6.11. The van der Waals surface area contributed by atoms with Gasteiger partial charge in [-0.15, -0.1) is 0 Å². The lowest BCUT2D eigenvalue weighted by atomic mass is 10.0. The lowest BCUT2D eigenvalue weighted by molar-refractivity contribution is 0.164. The highest BCUT2D eigenvalue weighted by Crippen LogP contribution is 2.20. The minimum absolute atomic E-state index is 0.0750. The number of nitrogens with zero attached hydrogens (tertiary/aromatic N) is 4. The average Bonchev–Trinajstić information content (AvgIpc) is 2.94. The van der Waals surface area contributed by atoms with E-state index in [1.165, 1.54) is 5.57 Å². The molecule has 0 bridgehead atoms. The van der Waals surface area contributed by atoms with Gasteiger partial charge in [-0.3, -0.25) is 9.89 Å². The molecule has 1 fully saturated rings. The minimum Gasteiger partial charge on any atom is -0.396 e. The van der Waals surface area contributed by atoms with Crippen molar-refractivity contribution < 1.29 is 5.11 Å². The van der Waals surface area contributed by atoms with E-state index in [0.29, 0.717) is 19.0 Å². The Bertz CT molecular complexity index is 725. The molecule has 0 aromatic heterocycles. The molecule has 7 nitrogen and oxygen atoms in total.